The Morgan fingerprint density at radius 1 is 1.34 bits per heavy atom. The van der Waals surface area contributed by atoms with Gasteiger partial charge in [-0.15, -0.1) is 0 Å². The van der Waals surface area contributed by atoms with Crippen molar-refractivity contribution in [3.63, 3.8) is 0 Å². The highest BCUT2D eigenvalue weighted by Crippen LogP contribution is 2.47. The number of carbonyl (C=O) groups excluding carboxylic acids is 1. The molecule has 0 aliphatic heterocycles. The maximum absolute atomic E-state index is 13.3. The maximum atomic E-state index is 13.3. The van der Waals surface area contributed by atoms with Crippen LogP contribution in [0.4, 0.5) is 0 Å². The molecule has 0 saturated heterocycles. The fraction of sp³-hybridized carbons (Fsp3) is 0.391. The number of allylic oxidation sites excluding steroid dienone is 2. The number of aromatic nitrogens is 1. The predicted molar refractivity (Wildman–Crippen MR) is 115 cm³/mol. The number of aliphatic carboxylic acids is 1. The monoisotopic (exact) mass is 457 g/mol. The Morgan fingerprint density at radius 3 is 2.90 bits per heavy atom. The third-order valence-corrected chi connectivity index (χ3v) is 6.43. The van der Waals surface area contributed by atoms with Crippen molar-refractivity contribution in [1.82, 2.24) is 4.98 Å². The molecule has 1 aromatic heterocycles. The van der Waals surface area contributed by atoms with E-state index in [0.717, 1.165) is 37.8 Å². The summed E-state index contributed by atoms with van der Waals surface area (Å²) in [4.78, 5) is 27.4. The number of ether oxygens (including phenoxy) is 1. The van der Waals surface area contributed by atoms with Crippen molar-refractivity contribution in [2.75, 3.05) is 6.61 Å². The molecule has 0 fully saturated rings. The molecule has 0 saturated carbocycles. The van der Waals surface area contributed by atoms with E-state index in [2.05, 4.69) is 34.8 Å². The summed E-state index contributed by atoms with van der Waals surface area (Å²) in [6.07, 6.45) is 5.93. The molecule has 1 heterocycles. The van der Waals surface area contributed by atoms with Crippen LogP contribution in [0.1, 0.15) is 55.6 Å². The number of halogens is 1. The molecule has 1 aromatic carbocycles. The summed E-state index contributed by atoms with van der Waals surface area (Å²) in [6, 6.07) is 5.96. The van der Waals surface area contributed by atoms with Crippen LogP contribution in [0.2, 0.25) is 0 Å². The van der Waals surface area contributed by atoms with Crippen LogP contribution in [0.5, 0.6) is 0 Å². The molecule has 4 rings (SSSR count). The topological polar surface area (TPSA) is 79.4 Å². The average molecular weight is 458 g/mol. The van der Waals surface area contributed by atoms with E-state index in [0.29, 0.717) is 25.9 Å². The lowest BCUT2D eigenvalue weighted by atomic mass is 9.68. The number of ketones is 1. The van der Waals surface area contributed by atoms with Crippen molar-refractivity contribution in [2.45, 2.75) is 51.0 Å². The van der Waals surface area contributed by atoms with Crippen molar-refractivity contribution in [3.8, 4) is 0 Å². The minimum Gasteiger partial charge on any atom is -0.481 e. The fourth-order valence-electron chi connectivity index (χ4n) is 4.38. The van der Waals surface area contributed by atoms with Crippen molar-refractivity contribution in [3.05, 3.63) is 57.2 Å². The van der Waals surface area contributed by atoms with Gasteiger partial charge in [-0.3, -0.25) is 9.59 Å². The molecule has 152 valence electrons. The van der Waals surface area contributed by atoms with Crippen LogP contribution in [0.25, 0.3) is 10.9 Å². The summed E-state index contributed by atoms with van der Waals surface area (Å²) in [5.74, 6) is -0.708. The number of H-pyrrole nitrogens is 1. The highest BCUT2D eigenvalue weighted by atomic mass is 79.9. The van der Waals surface area contributed by atoms with E-state index in [4.69, 9.17) is 9.84 Å². The number of unbranched alkanes of at least 4 members (excludes halogenated alkanes) is 1. The van der Waals surface area contributed by atoms with Gasteiger partial charge in [-0.05, 0) is 30.5 Å². The lowest BCUT2D eigenvalue weighted by molar-refractivity contribution is -0.137. The zero-order valence-electron chi connectivity index (χ0n) is 16.5. The van der Waals surface area contributed by atoms with Crippen LogP contribution in [-0.2, 0) is 14.9 Å². The van der Waals surface area contributed by atoms with Crippen LogP contribution >= 0.6 is 15.9 Å². The number of fused-ring (bicyclic) bond motifs is 3. The highest BCUT2D eigenvalue weighted by molar-refractivity contribution is 9.10. The Bertz CT molecular complexity index is 1060. The number of hydrogen-bond acceptors (Lipinski definition) is 3. The summed E-state index contributed by atoms with van der Waals surface area (Å²) in [7, 11) is 0. The second-order valence-corrected chi connectivity index (χ2v) is 9.15. The smallest absolute Gasteiger partial charge is 0.303 e. The van der Waals surface area contributed by atoms with Crippen molar-refractivity contribution in [2.24, 2.45) is 0 Å². The normalized spacial score (nSPS) is 20.1. The van der Waals surface area contributed by atoms with Gasteiger partial charge >= 0.3 is 5.97 Å². The quantitative estimate of drug-likeness (QED) is 0.576. The van der Waals surface area contributed by atoms with Gasteiger partial charge in [0.25, 0.3) is 0 Å². The minimum absolute atomic E-state index is 0.0686. The zero-order valence-corrected chi connectivity index (χ0v) is 18.1. The SMILES string of the molecule is CC1(C)C2=C(C=CC(OCCCCC(=O)O)C2)C(=O)c2c1[nH]c1cc(Br)ccc21. The molecule has 1 unspecified atom stereocenters. The Hall–Kier alpha value is -2.18. The van der Waals surface area contributed by atoms with Gasteiger partial charge in [0.05, 0.1) is 11.7 Å². The van der Waals surface area contributed by atoms with Gasteiger partial charge in [0, 0.05) is 51.5 Å². The number of benzene rings is 1. The fourth-order valence-corrected chi connectivity index (χ4v) is 4.74. The lowest BCUT2D eigenvalue weighted by Crippen LogP contribution is -2.34. The first kappa shape index (κ1) is 20.1. The number of carboxylic acid groups (broad SMARTS) is 1. The second-order valence-electron chi connectivity index (χ2n) is 8.23. The first-order valence-corrected chi connectivity index (χ1v) is 10.7. The number of Topliss-reactive ketones (excluding diaryl/α,β-unsaturated/α-hetero) is 1. The van der Waals surface area contributed by atoms with Crippen molar-refractivity contribution in [1.29, 1.82) is 0 Å². The van der Waals surface area contributed by atoms with Gasteiger partial charge in [0.1, 0.15) is 0 Å². The summed E-state index contributed by atoms with van der Waals surface area (Å²) in [5, 5.41) is 9.68. The van der Waals surface area contributed by atoms with Crippen molar-refractivity contribution < 1.29 is 19.4 Å². The molecule has 6 heteroatoms. The third kappa shape index (κ3) is 3.60. The van der Waals surface area contributed by atoms with E-state index >= 15 is 0 Å². The Kier molecular flexibility index (Phi) is 5.25. The standard InChI is InChI=1S/C23H24BrNO4/c1-23(2)17-12-14(29-10-4-3-5-19(26)27)7-9-15(17)21(28)20-16-8-6-13(24)11-18(16)25-22(20)23/h6-9,11,14,25H,3-5,10,12H2,1-2H3,(H,26,27). The Labute approximate surface area is 178 Å². The summed E-state index contributed by atoms with van der Waals surface area (Å²) < 4.78 is 6.94. The number of rotatable bonds is 6. The van der Waals surface area contributed by atoms with Crippen LogP contribution < -0.4 is 0 Å². The largest absolute Gasteiger partial charge is 0.481 e. The van der Waals surface area contributed by atoms with Crippen LogP contribution in [0.15, 0.2) is 46.0 Å². The molecule has 2 aliphatic rings. The highest BCUT2D eigenvalue weighted by Gasteiger charge is 2.42. The van der Waals surface area contributed by atoms with Crippen LogP contribution in [0.3, 0.4) is 0 Å². The molecule has 0 spiro atoms. The summed E-state index contributed by atoms with van der Waals surface area (Å²) in [6.45, 7) is 4.83. The van der Waals surface area contributed by atoms with Gasteiger partial charge in [0.2, 0.25) is 0 Å². The minimum atomic E-state index is -0.777. The first-order valence-electron chi connectivity index (χ1n) is 9.90. The zero-order chi connectivity index (χ0) is 20.8. The number of carboxylic acids is 1. The lowest BCUT2D eigenvalue weighted by Gasteiger charge is -2.37. The van der Waals surface area contributed by atoms with Gasteiger partial charge in [-0.1, -0.05) is 48.0 Å². The number of aromatic amines is 1. The average Bonchev–Trinajstić information content (AvgIpc) is 3.05. The molecule has 2 aromatic rings. The number of hydrogen-bond donors (Lipinski definition) is 2. The van der Waals surface area contributed by atoms with Gasteiger partial charge in [-0.25, -0.2) is 0 Å². The first-order chi connectivity index (χ1) is 13.8. The van der Waals surface area contributed by atoms with Gasteiger partial charge in [0.15, 0.2) is 5.78 Å². The molecule has 5 nitrogen and oxygen atoms in total. The molecule has 2 N–H and O–H groups in total. The Balaban J connectivity index is 1.57. The second kappa shape index (κ2) is 7.58. The summed E-state index contributed by atoms with van der Waals surface area (Å²) in [5.41, 5.74) is 4.26. The molecular weight excluding hydrogens is 434 g/mol. The van der Waals surface area contributed by atoms with Crippen LogP contribution in [-0.4, -0.2) is 34.6 Å². The Morgan fingerprint density at radius 2 is 2.14 bits per heavy atom. The molecule has 0 amide bonds. The van der Waals surface area contributed by atoms with Gasteiger partial charge < -0.3 is 14.8 Å². The van der Waals surface area contributed by atoms with E-state index in [1.807, 2.05) is 30.4 Å². The predicted octanol–water partition coefficient (Wildman–Crippen LogP) is 5.30. The molecular formula is C23H24BrNO4. The summed E-state index contributed by atoms with van der Waals surface area (Å²) >= 11 is 3.51. The molecule has 29 heavy (non-hydrogen) atoms. The molecule has 0 radical (unpaired) electrons. The van der Waals surface area contributed by atoms with E-state index in [1.165, 1.54) is 0 Å². The van der Waals surface area contributed by atoms with E-state index in [1.54, 1.807) is 0 Å². The third-order valence-electron chi connectivity index (χ3n) is 5.94. The number of carbonyl (C=O) groups is 2. The maximum Gasteiger partial charge on any atom is 0.303 e. The molecule has 0 bridgehead atoms. The van der Waals surface area contributed by atoms with E-state index < -0.39 is 5.97 Å². The molecule has 2 aliphatic carbocycles. The molecule has 1 atom stereocenters. The van der Waals surface area contributed by atoms with E-state index in [-0.39, 0.29) is 23.7 Å². The van der Waals surface area contributed by atoms with Crippen LogP contribution in [0, 0.1) is 0 Å². The van der Waals surface area contributed by atoms with Crippen molar-refractivity contribution >= 4 is 38.6 Å². The number of nitrogens with one attached hydrogen (secondary N) is 1. The van der Waals surface area contributed by atoms with Gasteiger partial charge in [-0.2, -0.15) is 0 Å². The van der Waals surface area contributed by atoms with E-state index in [9.17, 15) is 9.59 Å².